The van der Waals surface area contributed by atoms with E-state index in [1.807, 2.05) is 31.3 Å². The molecule has 0 aliphatic heterocycles. The molecule has 1 aliphatic rings. The van der Waals surface area contributed by atoms with Gasteiger partial charge in [-0.3, -0.25) is 0 Å². The molecule has 16 heavy (non-hydrogen) atoms. The van der Waals surface area contributed by atoms with Crippen LogP contribution in [0.15, 0.2) is 24.3 Å². The van der Waals surface area contributed by atoms with E-state index in [0.717, 1.165) is 30.6 Å². The summed E-state index contributed by atoms with van der Waals surface area (Å²) in [5.41, 5.74) is 7.75. The molecule has 88 valence electrons. The molecule has 0 saturated heterocycles. The molecule has 2 atom stereocenters. The molecule has 1 saturated carbocycles. The van der Waals surface area contributed by atoms with Crippen LogP contribution < -0.4 is 10.6 Å². The molecular formula is C13H20N2O. The van der Waals surface area contributed by atoms with Gasteiger partial charge in [0.25, 0.3) is 0 Å². The zero-order chi connectivity index (χ0) is 11.5. The van der Waals surface area contributed by atoms with Crippen LogP contribution in [-0.2, 0) is 0 Å². The number of anilines is 2. The van der Waals surface area contributed by atoms with Crippen molar-refractivity contribution in [2.45, 2.75) is 37.8 Å². The van der Waals surface area contributed by atoms with Gasteiger partial charge in [0.05, 0.1) is 23.5 Å². The smallest absolute Gasteiger partial charge is 0.0743 e. The highest BCUT2D eigenvalue weighted by atomic mass is 16.3. The topological polar surface area (TPSA) is 49.5 Å². The summed E-state index contributed by atoms with van der Waals surface area (Å²) >= 11 is 0. The van der Waals surface area contributed by atoms with Gasteiger partial charge >= 0.3 is 0 Å². The molecule has 2 unspecified atom stereocenters. The monoisotopic (exact) mass is 220 g/mol. The minimum Gasteiger partial charge on any atom is -0.397 e. The van der Waals surface area contributed by atoms with Crippen molar-refractivity contribution in [3.63, 3.8) is 0 Å². The Bertz CT molecular complexity index is 354. The van der Waals surface area contributed by atoms with E-state index in [4.69, 9.17) is 5.73 Å². The highest BCUT2D eigenvalue weighted by molar-refractivity contribution is 5.67. The zero-order valence-electron chi connectivity index (χ0n) is 9.76. The van der Waals surface area contributed by atoms with Gasteiger partial charge in [-0.2, -0.15) is 0 Å². The first-order valence-corrected chi connectivity index (χ1v) is 5.95. The normalized spacial score (nSPS) is 25.4. The van der Waals surface area contributed by atoms with E-state index in [2.05, 4.69) is 4.90 Å². The third kappa shape index (κ3) is 2.14. The number of aliphatic hydroxyl groups is 1. The Morgan fingerprint density at radius 1 is 1.25 bits per heavy atom. The van der Waals surface area contributed by atoms with Gasteiger partial charge in [-0.15, -0.1) is 0 Å². The van der Waals surface area contributed by atoms with Crippen LogP contribution in [0.3, 0.4) is 0 Å². The number of benzene rings is 1. The van der Waals surface area contributed by atoms with Crippen molar-refractivity contribution >= 4 is 11.4 Å². The van der Waals surface area contributed by atoms with Crippen molar-refractivity contribution in [1.29, 1.82) is 0 Å². The Morgan fingerprint density at radius 3 is 2.62 bits per heavy atom. The summed E-state index contributed by atoms with van der Waals surface area (Å²) < 4.78 is 0. The fraction of sp³-hybridized carbons (Fsp3) is 0.538. The number of nitrogens with zero attached hydrogens (tertiary/aromatic N) is 1. The summed E-state index contributed by atoms with van der Waals surface area (Å²) in [6, 6.07) is 8.04. The lowest BCUT2D eigenvalue weighted by atomic mass is 9.91. The van der Waals surface area contributed by atoms with Gasteiger partial charge in [-0.25, -0.2) is 0 Å². The molecular weight excluding hydrogens is 200 g/mol. The predicted octanol–water partition coefficient (Wildman–Crippen LogP) is 2.01. The van der Waals surface area contributed by atoms with E-state index in [1.54, 1.807) is 0 Å². The van der Waals surface area contributed by atoms with Crippen LogP contribution in [0, 0.1) is 0 Å². The fourth-order valence-electron chi connectivity index (χ4n) is 2.53. The quantitative estimate of drug-likeness (QED) is 0.750. The molecule has 1 aromatic rings. The number of likely N-dealkylation sites (N-methyl/N-ethyl adjacent to an activating group) is 1. The van der Waals surface area contributed by atoms with Gasteiger partial charge in [-0.1, -0.05) is 25.0 Å². The van der Waals surface area contributed by atoms with Crippen LogP contribution in [0.5, 0.6) is 0 Å². The molecule has 1 aromatic carbocycles. The van der Waals surface area contributed by atoms with Crippen LogP contribution in [0.2, 0.25) is 0 Å². The molecule has 0 aromatic heterocycles. The van der Waals surface area contributed by atoms with Crippen molar-refractivity contribution in [2.24, 2.45) is 0 Å². The van der Waals surface area contributed by atoms with Gasteiger partial charge < -0.3 is 15.7 Å². The van der Waals surface area contributed by atoms with E-state index in [1.165, 1.54) is 6.42 Å². The fourth-order valence-corrected chi connectivity index (χ4v) is 2.53. The van der Waals surface area contributed by atoms with Gasteiger partial charge in [0.15, 0.2) is 0 Å². The van der Waals surface area contributed by atoms with Crippen LogP contribution in [-0.4, -0.2) is 24.3 Å². The van der Waals surface area contributed by atoms with Crippen LogP contribution in [0.1, 0.15) is 25.7 Å². The van der Waals surface area contributed by atoms with Crippen molar-refractivity contribution in [3.05, 3.63) is 24.3 Å². The van der Waals surface area contributed by atoms with Crippen molar-refractivity contribution in [2.75, 3.05) is 17.7 Å². The van der Waals surface area contributed by atoms with Crippen molar-refractivity contribution in [3.8, 4) is 0 Å². The van der Waals surface area contributed by atoms with Gasteiger partial charge in [-0.05, 0) is 25.0 Å². The Morgan fingerprint density at radius 2 is 1.94 bits per heavy atom. The lowest BCUT2D eigenvalue weighted by Crippen LogP contribution is -2.43. The molecule has 3 heteroatoms. The second-order valence-corrected chi connectivity index (χ2v) is 4.59. The highest BCUT2D eigenvalue weighted by Crippen LogP contribution is 2.29. The maximum atomic E-state index is 10.0. The van der Waals surface area contributed by atoms with Gasteiger partial charge in [0, 0.05) is 7.05 Å². The summed E-state index contributed by atoms with van der Waals surface area (Å²) in [5, 5.41) is 10.0. The molecule has 3 nitrogen and oxygen atoms in total. The first-order chi connectivity index (χ1) is 7.70. The first-order valence-electron chi connectivity index (χ1n) is 5.95. The summed E-state index contributed by atoms with van der Waals surface area (Å²) in [7, 11) is 2.02. The molecule has 0 bridgehead atoms. The Labute approximate surface area is 96.9 Å². The number of aliphatic hydroxyl groups excluding tert-OH is 1. The second-order valence-electron chi connectivity index (χ2n) is 4.59. The van der Waals surface area contributed by atoms with E-state index in [-0.39, 0.29) is 12.1 Å². The summed E-state index contributed by atoms with van der Waals surface area (Å²) in [6.45, 7) is 0. The largest absolute Gasteiger partial charge is 0.397 e. The Kier molecular flexibility index (Phi) is 3.34. The number of hydrogen-bond donors (Lipinski definition) is 2. The second kappa shape index (κ2) is 4.74. The zero-order valence-corrected chi connectivity index (χ0v) is 9.76. The first kappa shape index (κ1) is 11.3. The standard InChI is InChI=1S/C13H20N2O/c1-15(11-7-3-2-6-10(11)14)12-8-4-5-9-13(12)16/h2-3,6-7,12-13,16H,4-5,8-9,14H2,1H3. The van der Waals surface area contributed by atoms with E-state index >= 15 is 0 Å². The molecule has 0 radical (unpaired) electrons. The predicted molar refractivity (Wildman–Crippen MR) is 67.5 cm³/mol. The minimum atomic E-state index is -0.224. The Balaban J connectivity index is 2.17. The van der Waals surface area contributed by atoms with Gasteiger partial charge in [0.1, 0.15) is 0 Å². The van der Waals surface area contributed by atoms with Gasteiger partial charge in [0.2, 0.25) is 0 Å². The lowest BCUT2D eigenvalue weighted by molar-refractivity contribution is 0.106. The van der Waals surface area contributed by atoms with Crippen LogP contribution in [0.25, 0.3) is 0 Å². The number of nitrogen functional groups attached to an aromatic ring is 1. The number of rotatable bonds is 2. The van der Waals surface area contributed by atoms with Crippen LogP contribution >= 0.6 is 0 Å². The number of para-hydroxylation sites is 2. The van der Waals surface area contributed by atoms with Crippen LogP contribution in [0.4, 0.5) is 11.4 Å². The molecule has 1 aliphatic carbocycles. The summed E-state index contributed by atoms with van der Waals surface area (Å²) in [4.78, 5) is 2.12. The SMILES string of the molecule is CN(c1ccccc1N)C1CCCCC1O. The van der Waals surface area contributed by atoms with Crippen molar-refractivity contribution < 1.29 is 5.11 Å². The summed E-state index contributed by atoms with van der Waals surface area (Å²) in [5.74, 6) is 0. The molecule has 2 rings (SSSR count). The maximum absolute atomic E-state index is 10.0. The lowest BCUT2D eigenvalue weighted by Gasteiger charge is -2.37. The minimum absolute atomic E-state index is 0.207. The molecule has 0 heterocycles. The van der Waals surface area contributed by atoms with Crippen molar-refractivity contribution in [1.82, 2.24) is 0 Å². The molecule has 0 amide bonds. The molecule has 1 fully saturated rings. The Hall–Kier alpha value is -1.22. The molecule has 3 N–H and O–H groups in total. The third-order valence-corrected chi connectivity index (χ3v) is 3.51. The average Bonchev–Trinajstić information content (AvgIpc) is 2.29. The number of hydrogen-bond acceptors (Lipinski definition) is 3. The summed E-state index contributed by atoms with van der Waals surface area (Å²) in [6.07, 6.45) is 4.06. The average molecular weight is 220 g/mol. The number of nitrogens with two attached hydrogens (primary N) is 1. The van der Waals surface area contributed by atoms with E-state index in [9.17, 15) is 5.11 Å². The highest BCUT2D eigenvalue weighted by Gasteiger charge is 2.27. The van der Waals surface area contributed by atoms with E-state index in [0.29, 0.717) is 0 Å². The van der Waals surface area contributed by atoms with E-state index < -0.39 is 0 Å². The third-order valence-electron chi connectivity index (χ3n) is 3.51. The maximum Gasteiger partial charge on any atom is 0.0743 e. The molecule has 0 spiro atoms.